The van der Waals surface area contributed by atoms with E-state index in [4.69, 9.17) is 23.2 Å². The molecule has 3 amide bonds. The lowest BCUT2D eigenvalue weighted by molar-refractivity contribution is 0.0793. The summed E-state index contributed by atoms with van der Waals surface area (Å²) in [5, 5.41) is 6.18. The first kappa shape index (κ1) is 20.8. The maximum Gasteiger partial charge on any atom is 0.323 e. The van der Waals surface area contributed by atoms with Crippen molar-refractivity contribution >= 4 is 52.2 Å². The zero-order chi connectivity index (χ0) is 21.1. The minimum absolute atomic E-state index is 0.0209. The monoisotopic (exact) mass is 446 g/mol. The van der Waals surface area contributed by atoms with Crippen LogP contribution in [0.1, 0.15) is 36.0 Å². The van der Waals surface area contributed by atoms with Gasteiger partial charge in [0, 0.05) is 37.6 Å². The fourth-order valence-corrected chi connectivity index (χ4v) is 4.49. The quantitative estimate of drug-likeness (QED) is 0.653. The maximum atomic E-state index is 13.2. The van der Waals surface area contributed by atoms with Crippen LogP contribution in [0.4, 0.5) is 21.9 Å². The van der Waals surface area contributed by atoms with E-state index in [9.17, 15) is 9.59 Å². The van der Waals surface area contributed by atoms with Gasteiger partial charge in [0.15, 0.2) is 0 Å². The summed E-state index contributed by atoms with van der Waals surface area (Å²) in [5.41, 5.74) is 2.46. The number of nitrogens with one attached hydrogen (secondary N) is 2. The van der Waals surface area contributed by atoms with Crippen LogP contribution in [0.15, 0.2) is 36.4 Å². The van der Waals surface area contributed by atoms with E-state index in [1.165, 1.54) is 0 Å². The molecule has 2 aromatic carbocycles. The van der Waals surface area contributed by atoms with Crippen molar-refractivity contribution in [3.63, 3.8) is 0 Å². The van der Waals surface area contributed by atoms with Gasteiger partial charge in [0.05, 0.1) is 21.3 Å². The molecule has 6 nitrogen and oxygen atoms in total. The van der Waals surface area contributed by atoms with Gasteiger partial charge in [0.25, 0.3) is 5.91 Å². The summed E-state index contributed by atoms with van der Waals surface area (Å²) in [7, 11) is 0. The Hall–Kier alpha value is -2.44. The van der Waals surface area contributed by atoms with Gasteiger partial charge in [-0.3, -0.25) is 4.79 Å². The molecule has 30 heavy (non-hydrogen) atoms. The molecule has 2 aliphatic heterocycles. The number of urea groups is 1. The molecule has 2 aromatic rings. The number of benzene rings is 2. The van der Waals surface area contributed by atoms with Crippen LogP contribution in [0.2, 0.25) is 10.0 Å². The topological polar surface area (TPSA) is 64.7 Å². The number of anilines is 3. The third kappa shape index (κ3) is 4.50. The summed E-state index contributed by atoms with van der Waals surface area (Å²) in [4.78, 5) is 29.8. The lowest BCUT2D eigenvalue weighted by Crippen LogP contribution is -2.30. The summed E-state index contributed by atoms with van der Waals surface area (Å²) in [6.07, 6.45) is 4.31. The zero-order valence-electron chi connectivity index (χ0n) is 16.6. The van der Waals surface area contributed by atoms with Crippen LogP contribution in [0.25, 0.3) is 0 Å². The normalized spacial score (nSPS) is 16.1. The predicted octanol–water partition coefficient (Wildman–Crippen LogP) is 5.47. The molecule has 0 aliphatic carbocycles. The number of nitrogens with zero attached hydrogens (tertiary/aromatic N) is 2. The standard InChI is InChI=1S/C22H24Cl2N4O2/c23-17-6-5-7-18(24)20(17)26-22(30)25-15-8-9-19(27-10-1-2-11-27)16(14-15)21(29)28-12-3-4-13-28/h5-9,14H,1-4,10-13H2,(H2,25,26,30). The van der Waals surface area contributed by atoms with Crippen molar-refractivity contribution in [2.24, 2.45) is 0 Å². The van der Waals surface area contributed by atoms with E-state index < -0.39 is 6.03 Å². The van der Waals surface area contributed by atoms with E-state index in [1.54, 1.807) is 24.3 Å². The van der Waals surface area contributed by atoms with Gasteiger partial charge in [0.1, 0.15) is 0 Å². The first-order chi connectivity index (χ1) is 14.5. The number of hydrogen-bond acceptors (Lipinski definition) is 3. The second-order valence-electron chi connectivity index (χ2n) is 7.60. The maximum absolute atomic E-state index is 13.2. The second-order valence-corrected chi connectivity index (χ2v) is 8.42. The Morgan fingerprint density at radius 1 is 0.833 bits per heavy atom. The van der Waals surface area contributed by atoms with Crippen LogP contribution < -0.4 is 15.5 Å². The molecule has 0 aromatic heterocycles. The summed E-state index contributed by atoms with van der Waals surface area (Å²) >= 11 is 12.3. The van der Waals surface area contributed by atoms with E-state index in [1.807, 2.05) is 17.0 Å². The number of carbonyl (C=O) groups is 2. The molecule has 158 valence electrons. The Labute approximate surface area is 186 Å². The first-order valence-corrected chi connectivity index (χ1v) is 11.0. The Balaban J connectivity index is 1.56. The van der Waals surface area contributed by atoms with Crippen molar-refractivity contribution in [3.05, 3.63) is 52.0 Å². The SMILES string of the molecule is O=C(Nc1ccc(N2CCCC2)c(C(=O)N2CCCC2)c1)Nc1c(Cl)cccc1Cl. The van der Waals surface area contributed by atoms with Crippen molar-refractivity contribution in [1.29, 1.82) is 0 Å². The fraction of sp³-hybridized carbons (Fsp3) is 0.364. The lowest BCUT2D eigenvalue weighted by Gasteiger charge is -2.24. The molecule has 2 saturated heterocycles. The fourth-order valence-electron chi connectivity index (χ4n) is 4.00. The Bertz CT molecular complexity index is 934. The molecule has 0 spiro atoms. The van der Waals surface area contributed by atoms with Gasteiger partial charge in [-0.05, 0) is 56.0 Å². The summed E-state index contributed by atoms with van der Waals surface area (Å²) in [6, 6.07) is 10.1. The Morgan fingerprint density at radius 2 is 1.47 bits per heavy atom. The predicted molar refractivity (Wildman–Crippen MR) is 122 cm³/mol. The van der Waals surface area contributed by atoms with Crippen LogP contribution in [0.5, 0.6) is 0 Å². The number of likely N-dealkylation sites (tertiary alicyclic amines) is 1. The summed E-state index contributed by atoms with van der Waals surface area (Å²) < 4.78 is 0. The van der Waals surface area contributed by atoms with E-state index in [-0.39, 0.29) is 5.91 Å². The van der Waals surface area contributed by atoms with Crippen LogP contribution in [0.3, 0.4) is 0 Å². The molecule has 2 heterocycles. The summed E-state index contributed by atoms with van der Waals surface area (Å²) in [5.74, 6) is 0.0209. The second kappa shape index (κ2) is 9.14. The van der Waals surface area contributed by atoms with Crippen LogP contribution in [0, 0.1) is 0 Å². The van der Waals surface area contributed by atoms with E-state index in [0.717, 1.165) is 57.5 Å². The van der Waals surface area contributed by atoms with Crippen molar-refractivity contribution < 1.29 is 9.59 Å². The molecule has 0 bridgehead atoms. The highest BCUT2D eigenvalue weighted by Crippen LogP contribution is 2.31. The zero-order valence-corrected chi connectivity index (χ0v) is 18.1. The number of halogens is 2. The molecular formula is C22H24Cl2N4O2. The van der Waals surface area contributed by atoms with Gasteiger partial charge in [-0.1, -0.05) is 29.3 Å². The molecule has 8 heteroatoms. The van der Waals surface area contributed by atoms with Gasteiger partial charge in [0.2, 0.25) is 0 Å². The number of hydrogen-bond donors (Lipinski definition) is 2. The molecule has 0 unspecified atom stereocenters. The Morgan fingerprint density at radius 3 is 2.13 bits per heavy atom. The van der Waals surface area contributed by atoms with Gasteiger partial charge >= 0.3 is 6.03 Å². The molecule has 2 aliphatic rings. The van der Waals surface area contributed by atoms with Gasteiger partial charge in [-0.25, -0.2) is 4.79 Å². The molecular weight excluding hydrogens is 423 g/mol. The highest BCUT2D eigenvalue weighted by molar-refractivity contribution is 6.39. The summed E-state index contributed by atoms with van der Waals surface area (Å²) in [6.45, 7) is 3.44. The van der Waals surface area contributed by atoms with Crippen LogP contribution in [-0.2, 0) is 0 Å². The third-order valence-electron chi connectivity index (χ3n) is 5.53. The minimum atomic E-state index is -0.474. The van der Waals surface area contributed by atoms with E-state index >= 15 is 0 Å². The Kier molecular flexibility index (Phi) is 6.35. The molecule has 4 rings (SSSR count). The van der Waals surface area contributed by atoms with Crippen LogP contribution in [-0.4, -0.2) is 43.0 Å². The molecule has 0 saturated carbocycles. The number of amides is 3. The lowest BCUT2D eigenvalue weighted by atomic mass is 10.1. The van der Waals surface area contributed by atoms with Crippen molar-refractivity contribution in [1.82, 2.24) is 4.90 Å². The first-order valence-electron chi connectivity index (χ1n) is 10.2. The van der Waals surface area contributed by atoms with Gasteiger partial charge in [-0.2, -0.15) is 0 Å². The molecule has 0 radical (unpaired) electrons. The molecule has 0 atom stereocenters. The van der Waals surface area contributed by atoms with Crippen LogP contribution >= 0.6 is 23.2 Å². The molecule has 2 fully saturated rings. The largest absolute Gasteiger partial charge is 0.371 e. The van der Waals surface area contributed by atoms with Gasteiger partial charge < -0.3 is 20.4 Å². The van der Waals surface area contributed by atoms with Crippen molar-refractivity contribution in [2.75, 3.05) is 41.7 Å². The van der Waals surface area contributed by atoms with E-state index in [0.29, 0.717) is 27.0 Å². The number of rotatable bonds is 4. The van der Waals surface area contributed by atoms with Crippen molar-refractivity contribution in [2.45, 2.75) is 25.7 Å². The van der Waals surface area contributed by atoms with E-state index in [2.05, 4.69) is 15.5 Å². The average molecular weight is 447 g/mol. The number of carbonyl (C=O) groups excluding carboxylic acids is 2. The third-order valence-corrected chi connectivity index (χ3v) is 6.16. The molecule has 2 N–H and O–H groups in total. The average Bonchev–Trinajstić information content (AvgIpc) is 3.44. The number of para-hydroxylation sites is 1. The highest BCUT2D eigenvalue weighted by atomic mass is 35.5. The van der Waals surface area contributed by atoms with Crippen molar-refractivity contribution in [3.8, 4) is 0 Å². The smallest absolute Gasteiger partial charge is 0.323 e. The minimum Gasteiger partial charge on any atom is -0.371 e. The van der Waals surface area contributed by atoms with Gasteiger partial charge in [-0.15, -0.1) is 0 Å². The highest BCUT2D eigenvalue weighted by Gasteiger charge is 2.25.